The summed E-state index contributed by atoms with van der Waals surface area (Å²) in [6, 6.07) is 4.49. The average Bonchev–Trinajstić information content (AvgIpc) is 2.59. The number of rotatable bonds is 2. The lowest BCUT2D eigenvalue weighted by Crippen LogP contribution is -3.00. The zero-order valence-electron chi connectivity index (χ0n) is 9.76. The Morgan fingerprint density at radius 1 is 1.33 bits per heavy atom. The first-order chi connectivity index (χ1) is 6.77. The van der Waals surface area contributed by atoms with Gasteiger partial charge in [-0.05, 0) is 26.0 Å². The van der Waals surface area contributed by atoms with E-state index >= 15 is 0 Å². The smallest absolute Gasteiger partial charge is 0.199 e. The number of nitrogens with zero attached hydrogens (tertiary/aromatic N) is 2. The van der Waals surface area contributed by atoms with Crippen LogP contribution < -0.4 is 24.0 Å². The first-order valence-corrected chi connectivity index (χ1v) is 5.55. The van der Waals surface area contributed by atoms with Crippen molar-refractivity contribution in [2.75, 3.05) is 13.1 Å². The van der Waals surface area contributed by atoms with Gasteiger partial charge in [0.2, 0.25) is 0 Å². The molecule has 0 saturated carbocycles. The number of halogens is 1. The molecule has 0 unspecified atom stereocenters. The molecule has 1 aromatic heterocycles. The van der Waals surface area contributed by atoms with Gasteiger partial charge in [0.05, 0.1) is 6.54 Å². The average molecular weight is 318 g/mol. The monoisotopic (exact) mass is 318 g/mol. The maximum Gasteiger partial charge on any atom is 0.199 e. The largest absolute Gasteiger partial charge is 1.00 e. The van der Waals surface area contributed by atoms with E-state index in [1.807, 2.05) is 0 Å². The van der Waals surface area contributed by atoms with Gasteiger partial charge < -0.3 is 28.5 Å². The van der Waals surface area contributed by atoms with Crippen LogP contribution in [0.1, 0.15) is 31.7 Å². The highest BCUT2D eigenvalue weighted by atomic mass is 127. The molecule has 2 rings (SSSR count). The number of aromatic nitrogens is 1. The fraction of sp³-hybridized carbons (Fsp3) is 0.583. The van der Waals surface area contributed by atoms with Gasteiger partial charge in [0, 0.05) is 12.1 Å². The molecule has 2 heterocycles. The Labute approximate surface area is 109 Å². The van der Waals surface area contributed by atoms with E-state index in [-0.39, 0.29) is 24.0 Å². The van der Waals surface area contributed by atoms with Crippen molar-refractivity contribution in [3.05, 3.63) is 23.5 Å². The number of fused-ring (bicyclic) bond motifs is 1. The van der Waals surface area contributed by atoms with Crippen molar-refractivity contribution in [1.82, 2.24) is 4.57 Å². The minimum atomic E-state index is 0. The van der Waals surface area contributed by atoms with Crippen LogP contribution >= 0.6 is 0 Å². The third kappa shape index (κ3) is 2.12. The summed E-state index contributed by atoms with van der Waals surface area (Å²) in [6.45, 7) is 10.1. The van der Waals surface area contributed by atoms with E-state index < -0.39 is 0 Å². The Morgan fingerprint density at radius 2 is 2.07 bits per heavy atom. The van der Waals surface area contributed by atoms with E-state index in [4.69, 9.17) is 0 Å². The summed E-state index contributed by atoms with van der Waals surface area (Å²) in [4.78, 5) is 0. The Hall–Kier alpha value is -0.320. The highest BCUT2D eigenvalue weighted by molar-refractivity contribution is 5.95. The highest BCUT2D eigenvalue weighted by Gasteiger charge is 2.23. The topological polar surface area (TPSA) is 7.94 Å². The molecule has 1 aliphatic heterocycles. The van der Waals surface area contributed by atoms with Gasteiger partial charge in [-0.1, -0.05) is 6.92 Å². The minimum Gasteiger partial charge on any atom is -1.00 e. The lowest BCUT2D eigenvalue weighted by atomic mass is 10.1. The van der Waals surface area contributed by atoms with Crippen LogP contribution in [0.3, 0.4) is 0 Å². The van der Waals surface area contributed by atoms with Gasteiger partial charge >= 0.3 is 0 Å². The maximum absolute atomic E-state index is 2.49. The lowest BCUT2D eigenvalue weighted by Gasteiger charge is -2.18. The second kappa shape index (κ2) is 5.14. The van der Waals surface area contributed by atoms with E-state index in [9.17, 15) is 0 Å². The third-order valence-electron chi connectivity index (χ3n) is 3.19. The molecule has 0 fully saturated rings. The molecule has 0 saturated heterocycles. The lowest BCUT2D eigenvalue weighted by molar-refractivity contribution is -0.529. The van der Waals surface area contributed by atoms with Crippen molar-refractivity contribution in [2.45, 2.75) is 33.7 Å². The summed E-state index contributed by atoms with van der Waals surface area (Å²) in [7, 11) is 0. The molecule has 0 radical (unpaired) electrons. The molecule has 0 aliphatic carbocycles. The Bertz CT molecular complexity index is 377. The maximum atomic E-state index is 2.49. The summed E-state index contributed by atoms with van der Waals surface area (Å²) in [5.74, 6) is 0. The summed E-state index contributed by atoms with van der Waals surface area (Å²) in [5, 5.41) is 0. The minimum absolute atomic E-state index is 0. The fourth-order valence-corrected chi connectivity index (χ4v) is 2.39. The zero-order valence-corrected chi connectivity index (χ0v) is 11.9. The van der Waals surface area contributed by atoms with Crippen LogP contribution in [-0.2, 0) is 6.54 Å². The van der Waals surface area contributed by atoms with Gasteiger partial charge in [-0.15, -0.1) is 0 Å². The molecular weight excluding hydrogens is 299 g/mol. The fourth-order valence-electron chi connectivity index (χ4n) is 2.39. The summed E-state index contributed by atoms with van der Waals surface area (Å²) >= 11 is 0. The second-order valence-electron chi connectivity index (χ2n) is 3.89. The molecule has 15 heavy (non-hydrogen) atoms. The molecule has 3 heteroatoms. The molecule has 0 amide bonds. The van der Waals surface area contributed by atoms with Crippen molar-refractivity contribution in [3.63, 3.8) is 0 Å². The van der Waals surface area contributed by atoms with Crippen LogP contribution in [0.25, 0.3) is 0 Å². The van der Waals surface area contributed by atoms with E-state index in [2.05, 4.69) is 42.0 Å². The van der Waals surface area contributed by atoms with E-state index in [0.717, 1.165) is 19.5 Å². The predicted molar refractivity (Wildman–Crippen MR) is 59.2 cm³/mol. The molecule has 1 aliphatic rings. The highest BCUT2D eigenvalue weighted by Crippen LogP contribution is 2.15. The predicted octanol–water partition coefficient (Wildman–Crippen LogP) is -0.954. The van der Waals surface area contributed by atoms with Crippen LogP contribution in [0.5, 0.6) is 0 Å². The van der Waals surface area contributed by atoms with E-state index in [1.165, 1.54) is 23.6 Å². The first kappa shape index (κ1) is 12.7. The quantitative estimate of drug-likeness (QED) is 0.491. The van der Waals surface area contributed by atoms with Crippen LogP contribution in [-0.4, -0.2) is 27.9 Å². The van der Waals surface area contributed by atoms with E-state index in [1.54, 1.807) is 0 Å². The molecule has 2 nitrogen and oxygen atoms in total. The number of aryl methyl sites for hydroxylation is 1. The molecule has 0 atom stereocenters. The van der Waals surface area contributed by atoms with Crippen molar-refractivity contribution >= 4 is 5.71 Å². The standard InChI is InChI=1S/C12H19N2.HI/c1-4-11-12-7-6-10(3)14(12)9-8-13(11)5-2;/h6-7H,4-5,8-9H2,1-3H3;1H/q+1;/p-1. The van der Waals surface area contributed by atoms with Gasteiger partial charge in [-0.3, -0.25) is 0 Å². The summed E-state index contributed by atoms with van der Waals surface area (Å²) < 4.78 is 4.93. The van der Waals surface area contributed by atoms with Gasteiger partial charge in [0.15, 0.2) is 12.3 Å². The summed E-state index contributed by atoms with van der Waals surface area (Å²) in [5.41, 5.74) is 4.33. The second-order valence-corrected chi connectivity index (χ2v) is 3.89. The Morgan fingerprint density at radius 3 is 2.67 bits per heavy atom. The molecule has 0 aromatic carbocycles. The number of hydrogen-bond donors (Lipinski definition) is 0. The Kier molecular flexibility index (Phi) is 4.37. The molecule has 0 bridgehead atoms. The zero-order chi connectivity index (χ0) is 10.1. The number of hydrogen-bond acceptors (Lipinski definition) is 0. The van der Waals surface area contributed by atoms with Crippen molar-refractivity contribution < 1.29 is 28.6 Å². The van der Waals surface area contributed by atoms with Crippen LogP contribution in [0.2, 0.25) is 0 Å². The molecule has 0 spiro atoms. The third-order valence-corrected chi connectivity index (χ3v) is 3.19. The normalized spacial score (nSPS) is 14.9. The van der Waals surface area contributed by atoms with E-state index in [0.29, 0.717) is 0 Å². The number of likely N-dealkylation sites (N-methyl/N-ethyl adjacent to an activating group) is 1. The molecule has 84 valence electrons. The summed E-state index contributed by atoms with van der Waals surface area (Å²) in [6.07, 6.45) is 1.14. The molecule has 0 N–H and O–H groups in total. The van der Waals surface area contributed by atoms with Gasteiger partial charge in [-0.2, -0.15) is 0 Å². The Balaban J connectivity index is 0.00000112. The first-order valence-electron chi connectivity index (χ1n) is 5.55. The SMILES string of the molecule is CCC1=[N+](CC)CCn2c(C)ccc21.[I-]. The van der Waals surface area contributed by atoms with Crippen molar-refractivity contribution in [2.24, 2.45) is 0 Å². The molecule has 1 aromatic rings. The van der Waals surface area contributed by atoms with Crippen molar-refractivity contribution in [1.29, 1.82) is 0 Å². The van der Waals surface area contributed by atoms with Crippen LogP contribution in [0.4, 0.5) is 0 Å². The van der Waals surface area contributed by atoms with Crippen LogP contribution in [0, 0.1) is 6.92 Å². The molecular formula is C12H19IN2. The van der Waals surface area contributed by atoms with Gasteiger partial charge in [-0.25, -0.2) is 4.58 Å². The van der Waals surface area contributed by atoms with Gasteiger partial charge in [0.25, 0.3) is 0 Å². The van der Waals surface area contributed by atoms with Crippen molar-refractivity contribution in [3.8, 4) is 0 Å². The van der Waals surface area contributed by atoms with Gasteiger partial charge in [0.1, 0.15) is 12.2 Å². The van der Waals surface area contributed by atoms with Crippen LogP contribution in [0.15, 0.2) is 12.1 Å².